The predicted octanol–water partition coefficient (Wildman–Crippen LogP) is 3.69. The van der Waals surface area contributed by atoms with Gasteiger partial charge in [-0.15, -0.1) is 0 Å². The van der Waals surface area contributed by atoms with Crippen LogP contribution in [0.15, 0.2) is 24.3 Å². The van der Waals surface area contributed by atoms with Gasteiger partial charge in [-0.25, -0.2) is 8.42 Å². The van der Waals surface area contributed by atoms with E-state index >= 15 is 0 Å². The van der Waals surface area contributed by atoms with Crippen LogP contribution in [0.25, 0.3) is 0 Å². The fourth-order valence-corrected chi connectivity index (χ4v) is 5.93. The molecule has 0 aliphatic carbocycles. The number of sulfonamides is 1. The number of carboxylic acid groups (broad SMARTS) is 1. The van der Waals surface area contributed by atoms with E-state index in [1.165, 1.54) is 10.6 Å². The Morgan fingerprint density at radius 1 is 1.27 bits per heavy atom. The van der Waals surface area contributed by atoms with Crippen molar-refractivity contribution in [3.05, 3.63) is 35.4 Å². The lowest BCUT2D eigenvalue weighted by Gasteiger charge is -2.41. The highest BCUT2D eigenvalue weighted by molar-refractivity contribution is 7.99. The van der Waals surface area contributed by atoms with E-state index in [-0.39, 0.29) is 17.8 Å². The molecular weight excluding hydrogens is 370 g/mol. The lowest BCUT2D eigenvalue weighted by molar-refractivity contribution is -0.143. The number of nitrogens with zero attached hydrogens (tertiary/aromatic N) is 1. The van der Waals surface area contributed by atoms with Gasteiger partial charge in [0.25, 0.3) is 0 Å². The van der Waals surface area contributed by atoms with Crippen LogP contribution >= 0.6 is 11.8 Å². The minimum absolute atomic E-state index is 0.0398. The number of carboxylic acids is 1. The zero-order chi connectivity index (χ0) is 19.3. The molecule has 0 amide bonds. The molecule has 5 nitrogen and oxygen atoms in total. The zero-order valence-corrected chi connectivity index (χ0v) is 17.4. The number of aliphatic carboxylic acids is 1. The van der Waals surface area contributed by atoms with E-state index in [1.807, 2.05) is 31.2 Å². The molecule has 0 saturated carbocycles. The Morgan fingerprint density at radius 3 is 2.46 bits per heavy atom. The molecule has 0 aromatic heterocycles. The molecule has 0 bridgehead atoms. The van der Waals surface area contributed by atoms with Crippen molar-refractivity contribution in [1.82, 2.24) is 4.31 Å². The zero-order valence-electron chi connectivity index (χ0n) is 15.7. The van der Waals surface area contributed by atoms with Crippen LogP contribution in [0.1, 0.15) is 49.8 Å². The maximum absolute atomic E-state index is 12.3. The number of piperidine rings is 1. The third kappa shape index (κ3) is 5.47. The Bertz CT molecular complexity index is 703. The first-order chi connectivity index (χ1) is 12.2. The van der Waals surface area contributed by atoms with E-state index in [9.17, 15) is 18.3 Å². The van der Waals surface area contributed by atoms with Crippen LogP contribution in [0.2, 0.25) is 0 Å². The molecule has 0 radical (unpaired) electrons. The van der Waals surface area contributed by atoms with Crippen molar-refractivity contribution >= 4 is 27.8 Å². The average molecular weight is 400 g/mol. The predicted molar refractivity (Wildman–Crippen MR) is 107 cm³/mol. The molecule has 2 rings (SSSR count). The summed E-state index contributed by atoms with van der Waals surface area (Å²) in [5.41, 5.74) is 2.05. The second kappa shape index (κ2) is 9.24. The summed E-state index contributed by atoms with van der Waals surface area (Å²) < 4.78 is 26.0. The van der Waals surface area contributed by atoms with Crippen LogP contribution in [-0.4, -0.2) is 47.6 Å². The minimum atomic E-state index is -3.49. The second-order valence-corrected chi connectivity index (χ2v) is 10.3. The van der Waals surface area contributed by atoms with E-state index in [0.717, 1.165) is 36.1 Å². The number of rotatable bonds is 8. The highest BCUT2D eigenvalue weighted by Gasteiger charge is 2.43. The molecule has 1 aliphatic rings. The lowest BCUT2D eigenvalue weighted by Crippen LogP contribution is -2.49. The maximum Gasteiger partial charge on any atom is 0.308 e. The highest BCUT2D eigenvalue weighted by Crippen LogP contribution is 2.40. The normalized spacial score (nSPS) is 24.5. The topological polar surface area (TPSA) is 74.7 Å². The highest BCUT2D eigenvalue weighted by atomic mass is 32.2. The largest absolute Gasteiger partial charge is 0.481 e. The molecule has 7 heteroatoms. The number of hydrogen-bond acceptors (Lipinski definition) is 4. The molecule has 1 fully saturated rings. The summed E-state index contributed by atoms with van der Waals surface area (Å²) in [5, 5.41) is 9.58. The molecule has 1 aromatic rings. The van der Waals surface area contributed by atoms with Crippen molar-refractivity contribution in [2.24, 2.45) is 5.92 Å². The number of aryl methyl sites for hydroxylation is 1. The van der Waals surface area contributed by atoms with E-state index in [1.54, 1.807) is 11.8 Å². The van der Waals surface area contributed by atoms with Crippen molar-refractivity contribution in [3.8, 4) is 0 Å². The summed E-state index contributed by atoms with van der Waals surface area (Å²) in [6, 6.07) is 7.56. The minimum Gasteiger partial charge on any atom is -0.481 e. The van der Waals surface area contributed by atoms with Gasteiger partial charge >= 0.3 is 5.97 Å². The van der Waals surface area contributed by atoms with Crippen molar-refractivity contribution in [2.45, 2.75) is 50.8 Å². The van der Waals surface area contributed by atoms with E-state index < -0.39 is 21.9 Å². The van der Waals surface area contributed by atoms with Crippen LogP contribution in [0.5, 0.6) is 0 Å². The first kappa shape index (κ1) is 21.3. The molecule has 1 heterocycles. The maximum atomic E-state index is 12.3. The van der Waals surface area contributed by atoms with Gasteiger partial charge in [-0.1, -0.05) is 49.6 Å². The summed E-state index contributed by atoms with van der Waals surface area (Å²) in [6.45, 7) is 4.17. The molecule has 1 saturated heterocycles. The number of carbonyl (C=O) groups is 1. The Kier molecular flexibility index (Phi) is 7.55. The Labute approximate surface area is 161 Å². The summed E-state index contributed by atoms with van der Waals surface area (Å²) in [5.74, 6) is -0.658. The van der Waals surface area contributed by atoms with Gasteiger partial charge in [-0.2, -0.15) is 16.1 Å². The SMILES string of the molecule is CCCCCS[C@@H]1C[C@@H](c2ccc(C)cc2)N(S(C)(=O)=O)C[C@H]1C(=O)O. The quantitative estimate of drug-likeness (QED) is 0.675. The lowest BCUT2D eigenvalue weighted by atomic mass is 9.90. The van der Waals surface area contributed by atoms with Crippen molar-refractivity contribution < 1.29 is 18.3 Å². The van der Waals surface area contributed by atoms with Gasteiger partial charge in [0.05, 0.1) is 18.2 Å². The van der Waals surface area contributed by atoms with Gasteiger partial charge in [0.1, 0.15) is 0 Å². The second-order valence-electron chi connectivity index (χ2n) is 7.06. The van der Waals surface area contributed by atoms with Crippen molar-refractivity contribution in [2.75, 3.05) is 18.6 Å². The summed E-state index contributed by atoms with van der Waals surface area (Å²) in [7, 11) is -3.49. The Morgan fingerprint density at radius 2 is 1.92 bits per heavy atom. The van der Waals surface area contributed by atoms with Gasteiger partial charge in [-0.05, 0) is 31.1 Å². The molecule has 0 spiro atoms. The Hall–Kier alpha value is -1.05. The Balaban J connectivity index is 2.27. The monoisotopic (exact) mass is 399 g/mol. The molecule has 0 unspecified atom stereocenters. The number of hydrogen-bond donors (Lipinski definition) is 1. The van der Waals surface area contributed by atoms with Crippen LogP contribution in [-0.2, 0) is 14.8 Å². The molecule has 26 heavy (non-hydrogen) atoms. The number of unbranched alkanes of at least 4 members (excludes halogenated alkanes) is 2. The van der Waals surface area contributed by atoms with E-state index in [0.29, 0.717) is 6.42 Å². The first-order valence-corrected chi connectivity index (χ1v) is 12.0. The van der Waals surface area contributed by atoms with Gasteiger partial charge in [0, 0.05) is 11.8 Å². The fraction of sp³-hybridized carbons (Fsp3) is 0.632. The third-order valence-corrected chi connectivity index (χ3v) is 7.64. The van der Waals surface area contributed by atoms with Gasteiger partial charge < -0.3 is 5.11 Å². The van der Waals surface area contributed by atoms with E-state index in [2.05, 4.69) is 6.92 Å². The van der Waals surface area contributed by atoms with Crippen molar-refractivity contribution in [3.63, 3.8) is 0 Å². The van der Waals surface area contributed by atoms with Gasteiger partial charge in [0.15, 0.2) is 0 Å². The molecule has 1 aromatic carbocycles. The fourth-order valence-electron chi connectivity index (χ4n) is 3.41. The summed E-state index contributed by atoms with van der Waals surface area (Å²) in [6.07, 6.45) is 5.02. The van der Waals surface area contributed by atoms with Crippen LogP contribution < -0.4 is 0 Å². The smallest absolute Gasteiger partial charge is 0.308 e. The molecular formula is C19H29NO4S2. The molecule has 1 aliphatic heterocycles. The molecule has 1 N–H and O–H groups in total. The van der Waals surface area contributed by atoms with Gasteiger partial charge in [0.2, 0.25) is 10.0 Å². The molecule has 146 valence electrons. The van der Waals surface area contributed by atoms with E-state index in [4.69, 9.17) is 0 Å². The van der Waals surface area contributed by atoms with Crippen molar-refractivity contribution in [1.29, 1.82) is 0 Å². The average Bonchev–Trinajstić information content (AvgIpc) is 2.57. The number of benzene rings is 1. The summed E-state index contributed by atoms with van der Waals surface area (Å²) in [4.78, 5) is 11.8. The van der Waals surface area contributed by atoms with Crippen LogP contribution in [0.4, 0.5) is 0 Å². The third-order valence-electron chi connectivity index (χ3n) is 4.91. The first-order valence-electron chi connectivity index (χ1n) is 9.11. The number of thioether (sulfide) groups is 1. The molecule has 3 atom stereocenters. The summed E-state index contributed by atoms with van der Waals surface area (Å²) >= 11 is 1.69. The van der Waals surface area contributed by atoms with Crippen LogP contribution in [0, 0.1) is 12.8 Å². The van der Waals surface area contributed by atoms with Gasteiger partial charge in [-0.3, -0.25) is 4.79 Å². The standard InChI is InChI=1S/C19H29NO4S2/c1-4-5-6-11-25-18-12-17(15-9-7-14(2)8-10-15)20(26(3,23)24)13-16(18)19(21)22/h7-10,16-18H,4-6,11-13H2,1-3H3,(H,21,22)/t16-,17+,18-/m1/s1. The van der Waals surface area contributed by atoms with Crippen LogP contribution in [0.3, 0.4) is 0 Å².